The maximum absolute atomic E-state index is 12.1. The number of hydrogen-bond acceptors (Lipinski definition) is 5. The van der Waals surface area contributed by atoms with Crippen LogP contribution in [-0.2, 0) is 20.9 Å². The van der Waals surface area contributed by atoms with Crippen molar-refractivity contribution in [3.63, 3.8) is 0 Å². The third kappa shape index (κ3) is 5.12. The Morgan fingerprint density at radius 3 is 3.09 bits per heavy atom. The second-order valence-electron chi connectivity index (χ2n) is 5.26. The highest BCUT2D eigenvalue weighted by Gasteiger charge is 2.20. The highest BCUT2D eigenvalue weighted by molar-refractivity contribution is 5.94. The van der Waals surface area contributed by atoms with Gasteiger partial charge in [0.2, 0.25) is 11.8 Å². The first kappa shape index (κ1) is 16.4. The van der Waals surface area contributed by atoms with E-state index >= 15 is 0 Å². The Labute approximate surface area is 129 Å². The lowest BCUT2D eigenvalue weighted by atomic mass is 10.0. The largest absolute Gasteiger partial charge is 0.383 e. The Morgan fingerprint density at radius 2 is 2.36 bits per heavy atom. The van der Waals surface area contributed by atoms with Crippen LogP contribution in [-0.4, -0.2) is 54.4 Å². The molecular weight excluding hydrogens is 286 g/mol. The van der Waals surface area contributed by atoms with Gasteiger partial charge in [-0.25, -0.2) is 0 Å². The van der Waals surface area contributed by atoms with Gasteiger partial charge in [0.25, 0.3) is 0 Å². The SMILES string of the molecule is COCCNC(=O)Cn1cc(NC(=O)C2CCCCN2)cn1. The average molecular weight is 309 g/mol. The first-order valence-electron chi connectivity index (χ1n) is 7.51. The summed E-state index contributed by atoms with van der Waals surface area (Å²) >= 11 is 0. The number of hydrogen-bond donors (Lipinski definition) is 3. The Bertz CT molecular complexity index is 496. The van der Waals surface area contributed by atoms with Gasteiger partial charge >= 0.3 is 0 Å². The second-order valence-corrected chi connectivity index (χ2v) is 5.26. The molecule has 0 radical (unpaired) electrons. The van der Waals surface area contributed by atoms with Crippen molar-refractivity contribution < 1.29 is 14.3 Å². The molecule has 0 aliphatic carbocycles. The number of carbonyl (C=O) groups excluding carboxylic acids is 2. The number of methoxy groups -OCH3 is 1. The van der Waals surface area contributed by atoms with E-state index in [1.807, 2.05) is 0 Å². The Hall–Kier alpha value is -1.93. The molecule has 1 aliphatic rings. The summed E-state index contributed by atoms with van der Waals surface area (Å²) in [5.74, 6) is -0.198. The summed E-state index contributed by atoms with van der Waals surface area (Å²) in [6, 6.07) is -0.144. The van der Waals surface area contributed by atoms with E-state index in [2.05, 4.69) is 21.0 Å². The van der Waals surface area contributed by atoms with Crippen LogP contribution in [0.4, 0.5) is 5.69 Å². The smallest absolute Gasteiger partial charge is 0.241 e. The minimum Gasteiger partial charge on any atom is -0.383 e. The quantitative estimate of drug-likeness (QED) is 0.602. The first-order chi connectivity index (χ1) is 10.7. The summed E-state index contributed by atoms with van der Waals surface area (Å²) in [6.07, 6.45) is 6.22. The van der Waals surface area contributed by atoms with Crippen LogP contribution in [0.15, 0.2) is 12.4 Å². The standard InChI is InChI=1S/C14H23N5O3/c1-22-7-6-16-13(20)10-19-9-11(8-17-19)18-14(21)12-4-2-3-5-15-12/h8-9,12,15H,2-7,10H2,1H3,(H,16,20)(H,18,21). The van der Waals surface area contributed by atoms with Gasteiger partial charge in [-0.3, -0.25) is 14.3 Å². The number of rotatable bonds is 7. The lowest BCUT2D eigenvalue weighted by Crippen LogP contribution is -2.43. The molecule has 1 saturated heterocycles. The summed E-state index contributed by atoms with van der Waals surface area (Å²) in [7, 11) is 1.58. The highest BCUT2D eigenvalue weighted by Crippen LogP contribution is 2.11. The summed E-state index contributed by atoms with van der Waals surface area (Å²) < 4.78 is 6.35. The molecule has 0 spiro atoms. The number of carbonyl (C=O) groups is 2. The number of piperidine rings is 1. The molecule has 2 heterocycles. The maximum Gasteiger partial charge on any atom is 0.241 e. The van der Waals surface area contributed by atoms with Gasteiger partial charge < -0.3 is 20.7 Å². The molecule has 8 nitrogen and oxygen atoms in total. The molecule has 22 heavy (non-hydrogen) atoms. The Balaban J connectivity index is 1.78. The van der Waals surface area contributed by atoms with Gasteiger partial charge in [0.15, 0.2) is 0 Å². The van der Waals surface area contributed by atoms with Crippen LogP contribution in [0.3, 0.4) is 0 Å². The zero-order valence-corrected chi connectivity index (χ0v) is 12.8. The fourth-order valence-corrected chi connectivity index (χ4v) is 2.32. The van der Waals surface area contributed by atoms with Gasteiger partial charge in [-0.15, -0.1) is 0 Å². The predicted molar refractivity (Wildman–Crippen MR) is 81.4 cm³/mol. The fourth-order valence-electron chi connectivity index (χ4n) is 2.32. The summed E-state index contributed by atoms with van der Waals surface area (Å²) in [5, 5.41) is 12.8. The lowest BCUT2D eigenvalue weighted by Gasteiger charge is -2.22. The second kappa shape index (κ2) is 8.50. The first-order valence-corrected chi connectivity index (χ1v) is 7.51. The molecule has 122 valence electrons. The minimum atomic E-state index is -0.146. The molecule has 0 aromatic carbocycles. The van der Waals surface area contributed by atoms with Crippen molar-refractivity contribution in [1.82, 2.24) is 20.4 Å². The van der Waals surface area contributed by atoms with E-state index in [1.54, 1.807) is 19.5 Å². The highest BCUT2D eigenvalue weighted by atomic mass is 16.5. The van der Waals surface area contributed by atoms with Crippen LogP contribution in [0.5, 0.6) is 0 Å². The molecule has 2 amide bonds. The third-order valence-corrected chi connectivity index (χ3v) is 3.46. The molecule has 1 aliphatic heterocycles. The minimum absolute atomic E-state index is 0.0520. The summed E-state index contributed by atoms with van der Waals surface area (Å²) in [6.45, 7) is 1.92. The van der Waals surface area contributed by atoms with Crippen molar-refractivity contribution in [2.24, 2.45) is 0 Å². The topological polar surface area (TPSA) is 97.3 Å². The molecule has 3 N–H and O–H groups in total. The number of aromatic nitrogens is 2. The number of nitrogens with one attached hydrogen (secondary N) is 3. The van der Waals surface area contributed by atoms with Gasteiger partial charge in [0, 0.05) is 19.9 Å². The van der Waals surface area contributed by atoms with Gasteiger partial charge in [-0.05, 0) is 19.4 Å². The van der Waals surface area contributed by atoms with Crippen molar-refractivity contribution in [3.8, 4) is 0 Å². The van der Waals surface area contributed by atoms with Crippen molar-refractivity contribution in [2.75, 3.05) is 32.1 Å². The Morgan fingerprint density at radius 1 is 1.50 bits per heavy atom. The molecule has 1 unspecified atom stereocenters. The van der Waals surface area contributed by atoms with E-state index in [0.717, 1.165) is 25.8 Å². The number of anilines is 1. The molecule has 1 atom stereocenters. The normalized spacial score (nSPS) is 18.0. The fraction of sp³-hybridized carbons (Fsp3) is 0.643. The third-order valence-electron chi connectivity index (χ3n) is 3.46. The van der Waals surface area contributed by atoms with Crippen LogP contribution in [0, 0.1) is 0 Å². The van der Waals surface area contributed by atoms with Gasteiger partial charge in [-0.2, -0.15) is 5.10 Å². The molecule has 0 saturated carbocycles. The van der Waals surface area contributed by atoms with E-state index in [1.165, 1.54) is 4.68 Å². The van der Waals surface area contributed by atoms with E-state index in [-0.39, 0.29) is 24.4 Å². The van der Waals surface area contributed by atoms with Gasteiger partial charge in [-0.1, -0.05) is 6.42 Å². The molecular formula is C14H23N5O3. The van der Waals surface area contributed by atoms with Crippen LogP contribution < -0.4 is 16.0 Å². The van der Waals surface area contributed by atoms with Crippen LogP contribution >= 0.6 is 0 Å². The van der Waals surface area contributed by atoms with E-state index in [9.17, 15) is 9.59 Å². The summed E-state index contributed by atoms with van der Waals surface area (Å²) in [4.78, 5) is 23.7. The molecule has 8 heteroatoms. The molecule has 1 aromatic heterocycles. The summed E-state index contributed by atoms with van der Waals surface area (Å²) in [5.41, 5.74) is 0.599. The van der Waals surface area contributed by atoms with Crippen molar-refractivity contribution >= 4 is 17.5 Å². The molecule has 2 rings (SSSR count). The van der Waals surface area contributed by atoms with Crippen molar-refractivity contribution in [3.05, 3.63) is 12.4 Å². The van der Waals surface area contributed by atoms with Crippen molar-refractivity contribution in [1.29, 1.82) is 0 Å². The molecule has 0 bridgehead atoms. The van der Waals surface area contributed by atoms with E-state index in [4.69, 9.17) is 4.74 Å². The molecule has 1 aromatic rings. The van der Waals surface area contributed by atoms with E-state index < -0.39 is 0 Å². The zero-order chi connectivity index (χ0) is 15.8. The maximum atomic E-state index is 12.1. The van der Waals surface area contributed by atoms with Crippen LogP contribution in [0.1, 0.15) is 19.3 Å². The zero-order valence-electron chi connectivity index (χ0n) is 12.8. The van der Waals surface area contributed by atoms with Crippen LogP contribution in [0.2, 0.25) is 0 Å². The van der Waals surface area contributed by atoms with Crippen molar-refractivity contribution in [2.45, 2.75) is 31.8 Å². The van der Waals surface area contributed by atoms with Crippen LogP contribution in [0.25, 0.3) is 0 Å². The number of amides is 2. The average Bonchev–Trinajstić information content (AvgIpc) is 2.95. The predicted octanol–water partition coefficient (Wildman–Crippen LogP) is -0.274. The van der Waals surface area contributed by atoms with Gasteiger partial charge in [0.1, 0.15) is 6.54 Å². The van der Waals surface area contributed by atoms with E-state index in [0.29, 0.717) is 18.8 Å². The number of nitrogens with zero attached hydrogens (tertiary/aromatic N) is 2. The lowest BCUT2D eigenvalue weighted by molar-refractivity contribution is -0.122. The molecule has 1 fully saturated rings. The number of ether oxygens (including phenoxy) is 1. The van der Waals surface area contributed by atoms with Gasteiger partial charge in [0.05, 0.1) is 24.5 Å². The Kier molecular flexibility index (Phi) is 6.35. The monoisotopic (exact) mass is 309 g/mol.